The molecule has 0 bridgehead atoms. The summed E-state index contributed by atoms with van der Waals surface area (Å²) in [6.45, 7) is 11.3. The number of hydrogen-bond donors (Lipinski definition) is 2. The summed E-state index contributed by atoms with van der Waals surface area (Å²) < 4.78 is 1.89. The first-order chi connectivity index (χ1) is 14.8. The third-order valence-corrected chi connectivity index (χ3v) is 6.07. The molecular formula is C23H34N6O2. The summed E-state index contributed by atoms with van der Waals surface area (Å²) in [7, 11) is 0. The molecule has 0 aliphatic carbocycles. The molecule has 168 valence electrons. The maximum Gasteiger partial charge on any atom is 0.252 e. The number of nitrogens with zero attached hydrogens (tertiary/aromatic N) is 5. The first kappa shape index (κ1) is 23.1. The van der Waals surface area contributed by atoms with Crippen molar-refractivity contribution >= 4 is 10.9 Å². The molecule has 2 heterocycles. The Hall–Kier alpha value is -2.58. The number of pyridine rings is 1. The quantitative estimate of drug-likeness (QED) is 0.516. The minimum Gasteiger partial charge on any atom is -0.395 e. The number of rotatable bonds is 10. The van der Waals surface area contributed by atoms with Gasteiger partial charge in [0.1, 0.15) is 0 Å². The monoisotopic (exact) mass is 426 g/mol. The zero-order valence-electron chi connectivity index (χ0n) is 19.2. The van der Waals surface area contributed by atoms with Crippen LogP contribution in [0.4, 0.5) is 0 Å². The van der Waals surface area contributed by atoms with Crippen molar-refractivity contribution in [3.63, 3.8) is 0 Å². The van der Waals surface area contributed by atoms with Crippen LogP contribution in [0.15, 0.2) is 29.1 Å². The predicted molar refractivity (Wildman–Crippen MR) is 122 cm³/mol. The summed E-state index contributed by atoms with van der Waals surface area (Å²) in [6.07, 6.45) is 2.64. The van der Waals surface area contributed by atoms with Gasteiger partial charge in [0.2, 0.25) is 0 Å². The van der Waals surface area contributed by atoms with Gasteiger partial charge in [0.25, 0.3) is 5.56 Å². The van der Waals surface area contributed by atoms with E-state index in [0.717, 1.165) is 41.6 Å². The van der Waals surface area contributed by atoms with Gasteiger partial charge in [-0.25, -0.2) is 4.68 Å². The molecule has 0 amide bonds. The van der Waals surface area contributed by atoms with Crippen LogP contribution in [0.2, 0.25) is 0 Å². The van der Waals surface area contributed by atoms with Crippen LogP contribution in [0, 0.1) is 6.92 Å². The van der Waals surface area contributed by atoms with Gasteiger partial charge in [-0.1, -0.05) is 32.4 Å². The summed E-state index contributed by atoms with van der Waals surface area (Å²) in [4.78, 5) is 18.0. The van der Waals surface area contributed by atoms with Gasteiger partial charge in [0, 0.05) is 24.2 Å². The minimum atomic E-state index is -0.228. The molecule has 0 unspecified atom stereocenters. The number of H-pyrrole nitrogens is 1. The normalized spacial score (nSPS) is 13.3. The Balaban J connectivity index is 2.01. The minimum absolute atomic E-state index is 0.0103. The van der Waals surface area contributed by atoms with Crippen LogP contribution in [-0.4, -0.2) is 48.3 Å². The summed E-state index contributed by atoms with van der Waals surface area (Å²) in [5.74, 6) is 0.773. The molecule has 0 saturated carbocycles. The number of tetrazole rings is 1. The van der Waals surface area contributed by atoms with Crippen molar-refractivity contribution in [1.82, 2.24) is 30.1 Å². The SMILES string of the molecule is CCC[C@@H](c1nnnn1C(C)(C)CC)N(CCO)Cc1cc2ccc(C)cc2[nH]c1=O. The molecule has 0 saturated heterocycles. The first-order valence-electron chi connectivity index (χ1n) is 11.1. The highest BCUT2D eigenvalue weighted by molar-refractivity contribution is 5.79. The molecule has 0 aliphatic rings. The first-order valence-corrected chi connectivity index (χ1v) is 11.1. The summed E-state index contributed by atoms with van der Waals surface area (Å²) in [6, 6.07) is 7.88. The molecule has 8 nitrogen and oxygen atoms in total. The number of aliphatic hydroxyl groups excluding tert-OH is 1. The maximum atomic E-state index is 12.8. The van der Waals surface area contributed by atoms with E-state index in [1.807, 2.05) is 35.9 Å². The average Bonchev–Trinajstić information content (AvgIpc) is 3.23. The van der Waals surface area contributed by atoms with E-state index >= 15 is 0 Å². The zero-order valence-corrected chi connectivity index (χ0v) is 19.2. The average molecular weight is 427 g/mol. The van der Waals surface area contributed by atoms with Crippen molar-refractivity contribution in [1.29, 1.82) is 0 Å². The van der Waals surface area contributed by atoms with Crippen molar-refractivity contribution in [2.24, 2.45) is 0 Å². The zero-order chi connectivity index (χ0) is 22.6. The second-order valence-corrected chi connectivity index (χ2v) is 8.83. The Kier molecular flexibility index (Phi) is 7.23. The number of aromatic nitrogens is 5. The van der Waals surface area contributed by atoms with Gasteiger partial charge in [-0.15, -0.1) is 5.10 Å². The molecule has 1 aromatic carbocycles. The van der Waals surface area contributed by atoms with Crippen LogP contribution < -0.4 is 5.56 Å². The largest absolute Gasteiger partial charge is 0.395 e. The lowest BCUT2D eigenvalue weighted by Gasteiger charge is -2.33. The van der Waals surface area contributed by atoms with E-state index < -0.39 is 0 Å². The molecule has 3 rings (SSSR count). The highest BCUT2D eigenvalue weighted by Gasteiger charge is 2.31. The molecule has 8 heteroatoms. The summed E-state index contributed by atoms with van der Waals surface area (Å²) >= 11 is 0. The van der Waals surface area contributed by atoms with Crippen LogP contribution in [0.5, 0.6) is 0 Å². The van der Waals surface area contributed by atoms with Gasteiger partial charge >= 0.3 is 0 Å². The van der Waals surface area contributed by atoms with E-state index in [-0.39, 0.29) is 23.7 Å². The Morgan fingerprint density at radius 1 is 1.26 bits per heavy atom. The van der Waals surface area contributed by atoms with Crippen LogP contribution in [-0.2, 0) is 12.1 Å². The Morgan fingerprint density at radius 2 is 2.03 bits per heavy atom. The van der Waals surface area contributed by atoms with Crippen molar-refractivity contribution in [2.45, 2.75) is 72.0 Å². The van der Waals surface area contributed by atoms with Gasteiger partial charge in [-0.05, 0) is 67.1 Å². The van der Waals surface area contributed by atoms with Gasteiger partial charge in [0.15, 0.2) is 5.82 Å². The Morgan fingerprint density at radius 3 is 2.71 bits per heavy atom. The van der Waals surface area contributed by atoms with Crippen LogP contribution in [0.3, 0.4) is 0 Å². The van der Waals surface area contributed by atoms with E-state index in [9.17, 15) is 9.90 Å². The highest BCUT2D eigenvalue weighted by Crippen LogP contribution is 2.29. The van der Waals surface area contributed by atoms with Crippen molar-refractivity contribution in [2.75, 3.05) is 13.2 Å². The lowest BCUT2D eigenvalue weighted by Crippen LogP contribution is -2.37. The van der Waals surface area contributed by atoms with Gasteiger partial charge in [-0.3, -0.25) is 9.69 Å². The number of aromatic amines is 1. The highest BCUT2D eigenvalue weighted by atomic mass is 16.3. The smallest absolute Gasteiger partial charge is 0.252 e. The van der Waals surface area contributed by atoms with E-state index in [1.165, 1.54) is 0 Å². The topological polar surface area (TPSA) is 99.9 Å². The number of fused-ring (bicyclic) bond motifs is 1. The van der Waals surface area contributed by atoms with Gasteiger partial charge in [0.05, 0.1) is 18.2 Å². The third kappa shape index (κ3) is 5.02. The van der Waals surface area contributed by atoms with Gasteiger partial charge < -0.3 is 10.1 Å². The molecule has 0 radical (unpaired) electrons. The molecule has 2 N–H and O–H groups in total. The summed E-state index contributed by atoms with van der Waals surface area (Å²) in [5.41, 5.74) is 2.27. The molecule has 1 atom stereocenters. The van der Waals surface area contributed by atoms with Crippen LogP contribution in [0.25, 0.3) is 10.9 Å². The lowest BCUT2D eigenvalue weighted by atomic mass is 10.0. The second-order valence-electron chi connectivity index (χ2n) is 8.83. The molecule has 2 aromatic heterocycles. The van der Waals surface area contributed by atoms with E-state index in [0.29, 0.717) is 18.7 Å². The molecular weight excluding hydrogens is 392 g/mol. The van der Waals surface area contributed by atoms with Crippen molar-refractivity contribution in [3.8, 4) is 0 Å². The number of hydrogen-bond acceptors (Lipinski definition) is 6. The molecule has 0 spiro atoms. The lowest BCUT2D eigenvalue weighted by molar-refractivity contribution is 0.122. The second kappa shape index (κ2) is 9.70. The Labute approximate surface area is 183 Å². The summed E-state index contributed by atoms with van der Waals surface area (Å²) in [5, 5.41) is 23.4. The fraction of sp³-hybridized carbons (Fsp3) is 0.565. The number of nitrogens with one attached hydrogen (secondary N) is 1. The molecule has 0 fully saturated rings. The van der Waals surface area contributed by atoms with Crippen LogP contribution >= 0.6 is 0 Å². The van der Waals surface area contributed by atoms with Crippen molar-refractivity contribution < 1.29 is 5.11 Å². The van der Waals surface area contributed by atoms with E-state index in [1.54, 1.807) is 0 Å². The predicted octanol–water partition coefficient (Wildman–Crippen LogP) is 3.30. The third-order valence-electron chi connectivity index (χ3n) is 6.07. The van der Waals surface area contributed by atoms with Gasteiger partial charge in [-0.2, -0.15) is 0 Å². The number of aryl methyl sites for hydroxylation is 1. The van der Waals surface area contributed by atoms with Crippen molar-refractivity contribution in [3.05, 3.63) is 51.6 Å². The maximum absolute atomic E-state index is 12.8. The Bertz CT molecular complexity index is 1070. The number of aliphatic hydroxyl groups is 1. The van der Waals surface area contributed by atoms with Crippen LogP contribution in [0.1, 0.15) is 70.0 Å². The standard InChI is InChI=1S/C23H34N6O2/c1-6-8-20(21-25-26-27-29(21)23(4,5)7-2)28(11-12-30)15-18-14-17-10-9-16(3)13-19(17)24-22(18)31/h9-10,13-14,20,30H,6-8,11-12,15H2,1-5H3,(H,24,31)/t20-/m0/s1. The molecule has 31 heavy (non-hydrogen) atoms. The fourth-order valence-electron chi connectivity index (χ4n) is 3.90. The van der Waals surface area contributed by atoms with E-state index in [4.69, 9.17) is 0 Å². The molecule has 3 aromatic rings. The molecule has 0 aliphatic heterocycles. The number of benzene rings is 1. The van der Waals surface area contributed by atoms with E-state index in [2.05, 4.69) is 53.1 Å². The fourth-order valence-corrected chi connectivity index (χ4v) is 3.90.